The molecule has 1 aliphatic carbocycles. The van der Waals surface area contributed by atoms with Crippen molar-refractivity contribution in [2.75, 3.05) is 0 Å². The second-order valence-corrected chi connectivity index (χ2v) is 6.55. The molecular formula is C21H25NO2. The second-order valence-electron chi connectivity index (χ2n) is 6.55. The van der Waals surface area contributed by atoms with Crippen LogP contribution >= 0.6 is 0 Å². The zero-order valence-electron chi connectivity index (χ0n) is 14.0. The van der Waals surface area contributed by atoms with Gasteiger partial charge in [0, 0.05) is 13.0 Å². The lowest BCUT2D eigenvalue weighted by Gasteiger charge is -2.10. The van der Waals surface area contributed by atoms with Crippen molar-refractivity contribution in [1.82, 2.24) is 5.32 Å². The number of hydrogen-bond donors (Lipinski definition) is 1. The highest BCUT2D eigenvalue weighted by Crippen LogP contribution is 2.27. The van der Waals surface area contributed by atoms with Crippen LogP contribution < -0.4 is 10.1 Å². The van der Waals surface area contributed by atoms with Crippen LogP contribution in [0.15, 0.2) is 54.6 Å². The highest BCUT2D eigenvalue weighted by Gasteiger charge is 2.18. The molecule has 0 saturated heterocycles. The van der Waals surface area contributed by atoms with E-state index in [4.69, 9.17) is 4.74 Å². The fraction of sp³-hybridized carbons (Fsp3) is 0.381. The van der Waals surface area contributed by atoms with E-state index >= 15 is 0 Å². The monoisotopic (exact) mass is 323 g/mol. The zero-order chi connectivity index (χ0) is 16.6. The van der Waals surface area contributed by atoms with Gasteiger partial charge >= 0.3 is 0 Å². The maximum absolute atomic E-state index is 12.0. The van der Waals surface area contributed by atoms with E-state index < -0.39 is 0 Å². The number of benzene rings is 2. The molecule has 1 fully saturated rings. The first kappa shape index (κ1) is 16.6. The number of ether oxygens (including phenoxy) is 1. The summed E-state index contributed by atoms with van der Waals surface area (Å²) in [6.07, 6.45) is 5.66. The predicted molar refractivity (Wildman–Crippen MR) is 95.6 cm³/mol. The molecule has 24 heavy (non-hydrogen) atoms. The van der Waals surface area contributed by atoms with Gasteiger partial charge < -0.3 is 10.1 Å². The normalized spacial score (nSPS) is 14.5. The summed E-state index contributed by atoms with van der Waals surface area (Å²) in [7, 11) is 0. The maximum atomic E-state index is 12.0. The van der Waals surface area contributed by atoms with Crippen molar-refractivity contribution < 1.29 is 9.53 Å². The van der Waals surface area contributed by atoms with Crippen LogP contribution in [0, 0.1) is 5.92 Å². The summed E-state index contributed by atoms with van der Waals surface area (Å²) in [4.78, 5) is 12.0. The van der Waals surface area contributed by atoms with E-state index in [2.05, 4.69) is 5.32 Å². The third-order valence-electron chi connectivity index (χ3n) is 4.61. The van der Waals surface area contributed by atoms with Gasteiger partial charge in [-0.2, -0.15) is 0 Å². The van der Waals surface area contributed by atoms with Gasteiger partial charge in [-0.3, -0.25) is 4.79 Å². The largest absolute Gasteiger partial charge is 0.489 e. The molecule has 1 N–H and O–H groups in total. The molecule has 3 heteroatoms. The lowest BCUT2D eigenvalue weighted by molar-refractivity contribution is -0.122. The molecule has 0 radical (unpaired) electrons. The smallest absolute Gasteiger partial charge is 0.220 e. The molecule has 1 aliphatic rings. The van der Waals surface area contributed by atoms with Crippen molar-refractivity contribution in [2.24, 2.45) is 5.92 Å². The van der Waals surface area contributed by atoms with Crippen molar-refractivity contribution in [3.05, 3.63) is 65.7 Å². The number of nitrogens with one attached hydrogen (secondary N) is 1. The van der Waals surface area contributed by atoms with Gasteiger partial charge in [0.15, 0.2) is 0 Å². The number of hydrogen-bond acceptors (Lipinski definition) is 2. The molecule has 0 aliphatic heterocycles. The standard InChI is InChI=1S/C21H25NO2/c23-21(14-17-6-4-5-7-17)22-15-18-10-12-20(13-11-18)24-16-19-8-2-1-3-9-19/h1-3,8-13,17H,4-7,14-16H2,(H,22,23). The van der Waals surface area contributed by atoms with Gasteiger partial charge in [0.05, 0.1) is 0 Å². The quantitative estimate of drug-likeness (QED) is 0.817. The minimum absolute atomic E-state index is 0.173. The Morgan fingerprint density at radius 1 is 0.958 bits per heavy atom. The molecule has 0 bridgehead atoms. The third kappa shape index (κ3) is 5.12. The molecule has 0 heterocycles. The highest BCUT2D eigenvalue weighted by atomic mass is 16.5. The van der Waals surface area contributed by atoms with Gasteiger partial charge in [-0.1, -0.05) is 55.3 Å². The summed E-state index contributed by atoms with van der Waals surface area (Å²) in [5.41, 5.74) is 2.25. The van der Waals surface area contributed by atoms with Gasteiger partial charge in [-0.25, -0.2) is 0 Å². The number of rotatable bonds is 7. The van der Waals surface area contributed by atoms with Crippen LogP contribution in [0.1, 0.15) is 43.2 Å². The van der Waals surface area contributed by atoms with Crippen molar-refractivity contribution in [1.29, 1.82) is 0 Å². The molecule has 1 amide bonds. The summed E-state index contributed by atoms with van der Waals surface area (Å²) < 4.78 is 5.77. The Morgan fingerprint density at radius 2 is 1.67 bits per heavy atom. The Morgan fingerprint density at radius 3 is 2.38 bits per heavy atom. The molecule has 3 rings (SSSR count). The average Bonchev–Trinajstić information content (AvgIpc) is 3.13. The van der Waals surface area contributed by atoms with E-state index in [0.29, 0.717) is 25.5 Å². The van der Waals surface area contributed by atoms with Gasteiger partial charge in [0.25, 0.3) is 0 Å². The van der Waals surface area contributed by atoms with Crippen LogP contribution in [0.3, 0.4) is 0 Å². The molecule has 2 aromatic rings. The van der Waals surface area contributed by atoms with Crippen molar-refractivity contribution >= 4 is 5.91 Å². The van der Waals surface area contributed by atoms with Crippen LogP contribution in [-0.4, -0.2) is 5.91 Å². The molecular weight excluding hydrogens is 298 g/mol. The Balaban J connectivity index is 1.41. The van der Waals surface area contributed by atoms with E-state index in [0.717, 1.165) is 16.9 Å². The number of carbonyl (C=O) groups excluding carboxylic acids is 1. The predicted octanol–water partition coefficient (Wildman–Crippen LogP) is 4.46. The SMILES string of the molecule is O=C(CC1CCCC1)NCc1ccc(OCc2ccccc2)cc1. The summed E-state index contributed by atoms with van der Waals surface area (Å²) in [6.45, 7) is 1.16. The molecule has 0 atom stereocenters. The summed E-state index contributed by atoms with van der Waals surface area (Å²) >= 11 is 0. The third-order valence-corrected chi connectivity index (χ3v) is 4.61. The van der Waals surface area contributed by atoms with Gasteiger partial charge in [-0.15, -0.1) is 0 Å². The fourth-order valence-corrected chi connectivity index (χ4v) is 3.19. The Kier molecular flexibility index (Phi) is 5.89. The van der Waals surface area contributed by atoms with Crippen molar-refractivity contribution in [2.45, 2.75) is 45.3 Å². The topological polar surface area (TPSA) is 38.3 Å². The van der Waals surface area contributed by atoms with E-state index in [9.17, 15) is 4.79 Å². The highest BCUT2D eigenvalue weighted by molar-refractivity contribution is 5.76. The van der Waals surface area contributed by atoms with Crippen LogP contribution in [0.4, 0.5) is 0 Å². The molecule has 3 nitrogen and oxygen atoms in total. The van der Waals surface area contributed by atoms with E-state index in [1.165, 1.54) is 25.7 Å². The van der Waals surface area contributed by atoms with Crippen LogP contribution in [-0.2, 0) is 17.9 Å². The molecule has 0 spiro atoms. The molecule has 126 valence electrons. The molecule has 0 aromatic heterocycles. The second kappa shape index (κ2) is 8.53. The summed E-state index contributed by atoms with van der Waals surface area (Å²) in [5, 5.41) is 3.02. The van der Waals surface area contributed by atoms with E-state index in [1.54, 1.807) is 0 Å². The number of carbonyl (C=O) groups is 1. The first-order valence-electron chi connectivity index (χ1n) is 8.82. The first-order valence-corrected chi connectivity index (χ1v) is 8.82. The van der Waals surface area contributed by atoms with E-state index in [-0.39, 0.29) is 5.91 Å². The Labute approximate surface area is 144 Å². The Bertz CT molecular complexity index is 631. The van der Waals surface area contributed by atoms with Crippen molar-refractivity contribution in [3.63, 3.8) is 0 Å². The molecule has 0 unspecified atom stereocenters. The fourth-order valence-electron chi connectivity index (χ4n) is 3.19. The van der Waals surface area contributed by atoms with Gasteiger partial charge in [-0.05, 0) is 42.0 Å². The van der Waals surface area contributed by atoms with Gasteiger partial charge in [0.1, 0.15) is 12.4 Å². The lowest BCUT2D eigenvalue weighted by Crippen LogP contribution is -2.24. The minimum Gasteiger partial charge on any atom is -0.489 e. The average molecular weight is 323 g/mol. The zero-order valence-corrected chi connectivity index (χ0v) is 14.0. The minimum atomic E-state index is 0.173. The lowest BCUT2D eigenvalue weighted by atomic mass is 10.0. The maximum Gasteiger partial charge on any atom is 0.220 e. The molecule has 2 aromatic carbocycles. The summed E-state index contributed by atoms with van der Waals surface area (Å²) in [6, 6.07) is 18.1. The summed E-state index contributed by atoms with van der Waals surface area (Å²) in [5.74, 6) is 1.62. The molecule has 1 saturated carbocycles. The number of amides is 1. The van der Waals surface area contributed by atoms with Crippen LogP contribution in [0.5, 0.6) is 5.75 Å². The Hall–Kier alpha value is -2.29. The van der Waals surface area contributed by atoms with E-state index in [1.807, 2.05) is 54.6 Å². The van der Waals surface area contributed by atoms with Gasteiger partial charge in [0.2, 0.25) is 5.91 Å². The van der Waals surface area contributed by atoms with Crippen LogP contribution in [0.25, 0.3) is 0 Å². The first-order chi connectivity index (χ1) is 11.8. The van der Waals surface area contributed by atoms with Crippen molar-refractivity contribution in [3.8, 4) is 5.75 Å². The van der Waals surface area contributed by atoms with Crippen LogP contribution in [0.2, 0.25) is 0 Å².